The number of hydrogen-bond acceptors (Lipinski definition) is 4. The zero-order valence-corrected chi connectivity index (χ0v) is 11.4. The summed E-state index contributed by atoms with van der Waals surface area (Å²) in [6.45, 7) is 4.25. The summed E-state index contributed by atoms with van der Waals surface area (Å²) in [5, 5.41) is 12.2. The number of hydrogen-bond donors (Lipinski definition) is 1. The lowest BCUT2D eigenvalue weighted by molar-refractivity contribution is 0.210. The summed E-state index contributed by atoms with van der Waals surface area (Å²) in [6.07, 6.45) is 3.88. The molecule has 1 unspecified atom stereocenters. The molecule has 1 aromatic heterocycles. The van der Waals surface area contributed by atoms with Crippen molar-refractivity contribution in [3.05, 3.63) is 23.8 Å². The number of nitrogen functional groups attached to an aromatic ring is 1. The van der Waals surface area contributed by atoms with Crippen molar-refractivity contribution in [2.24, 2.45) is 5.92 Å². The van der Waals surface area contributed by atoms with Crippen LogP contribution in [0.4, 0.5) is 5.69 Å². The van der Waals surface area contributed by atoms with E-state index in [-0.39, 0.29) is 0 Å². The molecule has 1 aromatic carbocycles. The van der Waals surface area contributed by atoms with Crippen LogP contribution in [0.2, 0.25) is 0 Å². The Hall–Kier alpha value is -1.91. The molecule has 0 saturated heterocycles. The molecule has 1 fully saturated rings. The summed E-state index contributed by atoms with van der Waals surface area (Å²) >= 11 is 0. The van der Waals surface area contributed by atoms with Gasteiger partial charge in [-0.2, -0.15) is 0 Å². The van der Waals surface area contributed by atoms with E-state index >= 15 is 0 Å². The van der Waals surface area contributed by atoms with Crippen molar-refractivity contribution in [3.63, 3.8) is 0 Å². The maximum Gasteiger partial charge on any atom is 0.182 e. The largest absolute Gasteiger partial charge is 0.399 e. The van der Waals surface area contributed by atoms with E-state index in [1.165, 1.54) is 19.3 Å². The van der Waals surface area contributed by atoms with Crippen LogP contribution in [-0.4, -0.2) is 20.2 Å². The summed E-state index contributed by atoms with van der Waals surface area (Å²) in [6, 6.07) is 6.22. The number of tetrazole rings is 1. The van der Waals surface area contributed by atoms with E-state index in [9.17, 15) is 0 Å². The Morgan fingerprint density at radius 3 is 2.79 bits per heavy atom. The zero-order valence-electron chi connectivity index (χ0n) is 11.4. The molecule has 0 amide bonds. The molecule has 19 heavy (non-hydrogen) atoms. The maximum absolute atomic E-state index is 5.80. The second-order valence-corrected chi connectivity index (χ2v) is 5.45. The van der Waals surface area contributed by atoms with Crippen molar-refractivity contribution in [1.82, 2.24) is 20.2 Å². The molecule has 0 aliphatic heterocycles. The Morgan fingerprint density at radius 1 is 1.37 bits per heavy atom. The van der Waals surface area contributed by atoms with Crippen LogP contribution >= 0.6 is 0 Å². The average molecular weight is 257 g/mol. The minimum Gasteiger partial charge on any atom is -0.399 e. The van der Waals surface area contributed by atoms with Crippen molar-refractivity contribution < 1.29 is 0 Å². The number of benzene rings is 1. The number of aryl methyl sites for hydroxylation is 1. The van der Waals surface area contributed by atoms with E-state index in [1.54, 1.807) is 0 Å². The molecule has 100 valence electrons. The smallest absolute Gasteiger partial charge is 0.182 e. The van der Waals surface area contributed by atoms with Gasteiger partial charge in [-0.25, -0.2) is 4.68 Å². The maximum atomic E-state index is 5.80. The van der Waals surface area contributed by atoms with Crippen LogP contribution in [0.15, 0.2) is 18.2 Å². The summed E-state index contributed by atoms with van der Waals surface area (Å²) < 4.78 is 1.96. The fourth-order valence-electron chi connectivity index (χ4n) is 2.70. The summed E-state index contributed by atoms with van der Waals surface area (Å²) in [5.41, 5.74) is 8.74. The first-order valence-electron chi connectivity index (χ1n) is 6.81. The molecular formula is C14H19N5. The standard InChI is InChI=1S/C14H19N5/c1-9-8-12(15)6-7-13(9)14-16-17-18-19(14)10(2)11-4-3-5-11/h6-8,10-11H,3-5,15H2,1-2H3. The second kappa shape index (κ2) is 4.64. The van der Waals surface area contributed by atoms with Crippen LogP contribution in [-0.2, 0) is 0 Å². The molecular weight excluding hydrogens is 238 g/mol. The highest BCUT2D eigenvalue weighted by atomic mass is 15.5. The van der Waals surface area contributed by atoms with Crippen molar-refractivity contribution in [2.45, 2.75) is 39.2 Å². The number of aromatic nitrogens is 4. The Labute approximate surface area is 112 Å². The first kappa shape index (κ1) is 12.1. The van der Waals surface area contributed by atoms with Gasteiger partial charge in [-0.3, -0.25) is 0 Å². The van der Waals surface area contributed by atoms with E-state index in [0.717, 1.165) is 22.6 Å². The Kier molecular flexibility index (Phi) is 2.97. The topological polar surface area (TPSA) is 69.6 Å². The van der Waals surface area contributed by atoms with Crippen LogP contribution in [0.3, 0.4) is 0 Å². The van der Waals surface area contributed by atoms with E-state index in [0.29, 0.717) is 12.0 Å². The van der Waals surface area contributed by atoms with Gasteiger partial charge in [0.1, 0.15) is 0 Å². The lowest BCUT2D eigenvalue weighted by Crippen LogP contribution is -2.24. The molecule has 2 aromatic rings. The molecule has 1 heterocycles. The molecule has 0 spiro atoms. The fraction of sp³-hybridized carbons (Fsp3) is 0.500. The molecule has 1 atom stereocenters. The van der Waals surface area contributed by atoms with Crippen LogP contribution < -0.4 is 5.73 Å². The molecule has 1 saturated carbocycles. The Balaban J connectivity index is 1.99. The van der Waals surface area contributed by atoms with Gasteiger partial charge in [0.25, 0.3) is 0 Å². The first-order valence-corrected chi connectivity index (χ1v) is 6.81. The van der Waals surface area contributed by atoms with Crippen molar-refractivity contribution in [3.8, 4) is 11.4 Å². The van der Waals surface area contributed by atoms with Crippen molar-refractivity contribution in [2.75, 3.05) is 5.73 Å². The van der Waals surface area contributed by atoms with E-state index in [1.807, 2.05) is 29.8 Å². The fourth-order valence-corrected chi connectivity index (χ4v) is 2.70. The molecule has 3 rings (SSSR count). The average Bonchev–Trinajstić information content (AvgIpc) is 2.75. The van der Waals surface area contributed by atoms with Gasteiger partial charge in [-0.15, -0.1) is 5.10 Å². The SMILES string of the molecule is Cc1cc(N)ccc1-c1nnnn1C(C)C1CCC1. The van der Waals surface area contributed by atoms with Gasteiger partial charge < -0.3 is 5.73 Å². The highest BCUT2D eigenvalue weighted by Crippen LogP contribution is 2.37. The third kappa shape index (κ3) is 2.09. The zero-order chi connectivity index (χ0) is 13.4. The molecule has 2 N–H and O–H groups in total. The highest BCUT2D eigenvalue weighted by Gasteiger charge is 2.28. The van der Waals surface area contributed by atoms with Gasteiger partial charge in [-0.05, 0) is 66.8 Å². The molecule has 5 nitrogen and oxygen atoms in total. The number of anilines is 1. The molecule has 1 aliphatic rings. The monoisotopic (exact) mass is 257 g/mol. The number of nitrogens with zero attached hydrogens (tertiary/aromatic N) is 4. The van der Waals surface area contributed by atoms with Crippen LogP contribution in [0.1, 0.15) is 37.8 Å². The third-order valence-corrected chi connectivity index (χ3v) is 4.20. The van der Waals surface area contributed by atoms with Crippen LogP contribution in [0.25, 0.3) is 11.4 Å². The number of nitrogens with two attached hydrogens (primary N) is 1. The summed E-state index contributed by atoms with van der Waals surface area (Å²) in [7, 11) is 0. The minimum absolute atomic E-state index is 0.357. The lowest BCUT2D eigenvalue weighted by Gasteiger charge is -2.31. The lowest BCUT2D eigenvalue weighted by atomic mass is 9.80. The Morgan fingerprint density at radius 2 is 2.16 bits per heavy atom. The first-order chi connectivity index (χ1) is 9.16. The summed E-state index contributed by atoms with van der Waals surface area (Å²) in [5.74, 6) is 1.55. The van der Waals surface area contributed by atoms with Gasteiger partial charge >= 0.3 is 0 Å². The molecule has 5 heteroatoms. The predicted octanol–water partition coefficient (Wildman–Crippen LogP) is 2.59. The van der Waals surface area contributed by atoms with Crippen molar-refractivity contribution >= 4 is 5.69 Å². The van der Waals surface area contributed by atoms with E-state index in [2.05, 4.69) is 22.4 Å². The van der Waals surface area contributed by atoms with Crippen LogP contribution in [0, 0.1) is 12.8 Å². The second-order valence-electron chi connectivity index (χ2n) is 5.45. The van der Waals surface area contributed by atoms with Gasteiger partial charge in [0, 0.05) is 11.3 Å². The number of rotatable bonds is 3. The van der Waals surface area contributed by atoms with Gasteiger partial charge in [0.15, 0.2) is 5.82 Å². The van der Waals surface area contributed by atoms with Gasteiger partial charge in [0.05, 0.1) is 6.04 Å². The third-order valence-electron chi connectivity index (χ3n) is 4.20. The highest BCUT2D eigenvalue weighted by molar-refractivity contribution is 5.63. The van der Waals surface area contributed by atoms with E-state index < -0.39 is 0 Å². The summed E-state index contributed by atoms with van der Waals surface area (Å²) in [4.78, 5) is 0. The predicted molar refractivity (Wildman–Crippen MR) is 74.5 cm³/mol. The van der Waals surface area contributed by atoms with Crippen molar-refractivity contribution in [1.29, 1.82) is 0 Å². The van der Waals surface area contributed by atoms with Gasteiger partial charge in [-0.1, -0.05) is 6.42 Å². The molecule has 1 aliphatic carbocycles. The van der Waals surface area contributed by atoms with Crippen LogP contribution in [0.5, 0.6) is 0 Å². The minimum atomic E-state index is 0.357. The normalized spacial score (nSPS) is 17.2. The molecule has 0 radical (unpaired) electrons. The van der Waals surface area contributed by atoms with E-state index in [4.69, 9.17) is 5.73 Å². The molecule has 0 bridgehead atoms. The quantitative estimate of drug-likeness (QED) is 0.858. The Bertz CT molecular complexity index is 585. The van der Waals surface area contributed by atoms with Gasteiger partial charge in [0.2, 0.25) is 0 Å².